The second kappa shape index (κ2) is 53.1. The summed E-state index contributed by atoms with van der Waals surface area (Å²) >= 11 is 8.19. The first-order valence-electron chi connectivity index (χ1n) is 35.2. The van der Waals surface area contributed by atoms with Crippen molar-refractivity contribution in [2.45, 2.75) is 181 Å². The molecule has 0 spiro atoms. The average Bonchev–Trinajstić information content (AvgIpc) is 1.59. The molecule has 0 aliphatic carbocycles. The second-order valence-corrected chi connectivity index (χ2v) is 30.0. The van der Waals surface area contributed by atoms with Gasteiger partial charge in [0.2, 0.25) is 0 Å². The number of hydrogen-bond donors (Lipinski definition) is 6. The van der Waals surface area contributed by atoms with Crippen molar-refractivity contribution in [1.82, 2.24) is 66.7 Å². The van der Waals surface area contributed by atoms with Gasteiger partial charge in [0, 0.05) is 114 Å². The predicted octanol–water partition coefficient (Wildman–Crippen LogP) is 16.8. The molecule has 108 heavy (non-hydrogen) atoms. The number of ketones is 2. The van der Waals surface area contributed by atoms with E-state index < -0.39 is 24.3 Å². The van der Waals surface area contributed by atoms with E-state index in [1.54, 1.807) is 82.5 Å². The van der Waals surface area contributed by atoms with Crippen LogP contribution in [0.25, 0.3) is 0 Å². The maximum Gasteiger partial charge on any atom is 0.407 e. The van der Waals surface area contributed by atoms with Crippen LogP contribution in [-0.4, -0.2) is 125 Å². The Hall–Kier alpha value is -6.90. The number of benzene rings is 4. The van der Waals surface area contributed by atoms with Crippen LogP contribution in [0, 0.1) is 11.8 Å². The van der Waals surface area contributed by atoms with Gasteiger partial charge in [0.1, 0.15) is 13.2 Å². The third-order valence-corrected chi connectivity index (χ3v) is 21.1. The number of nitrogens with one attached hydrogen (secondary N) is 4. The van der Waals surface area contributed by atoms with Crippen molar-refractivity contribution in [2.75, 3.05) is 25.6 Å². The number of hydrogen-bond acceptors (Lipinski definition) is 19. The van der Waals surface area contributed by atoms with Gasteiger partial charge >= 0.3 is 24.2 Å². The summed E-state index contributed by atoms with van der Waals surface area (Å²) in [5, 5.41) is 18.1. The number of halogens is 2. The van der Waals surface area contributed by atoms with Crippen LogP contribution in [0.4, 0.5) is 19.2 Å². The number of ether oxygens (including phenoxy) is 2. The predicted molar refractivity (Wildman–Crippen MR) is 451 cm³/mol. The van der Waals surface area contributed by atoms with Crippen molar-refractivity contribution in [3.8, 4) is 0 Å². The van der Waals surface area contributed by atoms with Crippen LogP contribution in [0.1, 0.15) is 152 Å². The molecule has 0 bridgehead atoms. The van der Waals surface area contributed by atoms with E-state index in [1.807, 2.05) is 124 Å². The molecule has 6 amide bonds. The van der Waals surface area contributed by atoms with E-state index >= 15 is 0 Å². The van der Waals surface area contributed by atoms with Gasteiger partial charge < -0.3 is 57.0 Å². The maximum atomic E-state index is 14.2. The molecule has 0 radical (unpaired) electrons. The molecule has 586 valence electrons. The van der Waals surface area contributed by atoms with E-state index in [0.717, 1.165) is 53.4 Å². The van der Waals surface area contributed by atoms with E-state index in [2.05, 4.69) is 121 Å². The van der Waals surface area contributed by atoms with Gasteiger partial charge in [-0.1, -0.05) is 179 Å². The Balaban J connectivity index is 0.000000530. The molecule has 9 N–H and O–H groups in total. The van der Waals surface area contributed by atoms with Crippen molar-refractivity contribution >= 4 is 128 Å². The fraction of sp³-hybridized carbons (Fsp3) is 0.430. The quantitative estimate of drug-likeness (QED) is 0.0154. The number of rotatable bonds is 39. The van der Waals surface area contributed by atoms with Crippen molar-refractivity contribution in [2.24, 2.45) is 17.6 Å². The van der Waals surface area contributed by atoms with E-state index in [9.17, 15) is 28.8 Å². The van der Waals surface area contributed by atoms with Crippen LogP contribution in [0.2, 0.25) is 0 Å². The Morgan fingerprint density at radius 1 is 0.528 bits per heavy atom. The number of urea groups is 2. The zero-order chi connectivity index (χ0) is 74.4. The number of aryl methyl sites for hydroxylation is 1. The summed E-state index contributed by atoms with van der Waals surface area (Å²) in [5.41, 5.74) is 15.4. The van der Waals surface area contributed by atoms with Gasteiger partial charge in [0.25, 0.3) is 0 Å². The van der Waals surface area contributed by atoms with Crippen LogP contribution in [-0.2, 0) is 98.7 Å². The molecular formula is C79H108I2N14O8S4W. The van der Waals surface area contributed by atoms with E-state index in [1.165, 1.54) is 22.7 Å². The van der Waals surface area contributed by atoms with Gasteiger partial charge in [-0.2, -0.15) is 0 Å². The second-order valence-electron chi connectivity index (χ2n) is 26.3. The monoisotopic (exact) mass is 1950 g/mol. The number of thiazole rings is 4. The fourth-order valence-corrected chi connectivity index (χ4v) is 14.4. The van der Waals surface area contributed by atoms with Gasteiger partial charge in [-0.15, -0.1) is 69.3 Å². The van der Waals surface area contributed by atoms with Crippen LogP contribution in [0.5, 0.6) is 0 Å². The summed E-state index contributed by atoms with van der Waals surface area (Å²) < 4.78 is 12.9. The van der Waals surface area contributed by atoms with Crippen LogP contribution in [0.15, 0.2) is 174 Å². The number of nitrogens with two attached hydrogens (primary N) is 1. The minimum Gasteiger partial charge on any atom is -0.444 e. The van der Waals surface area contributed by atoms with E-state index in [4.69, 9.17) is 15.2 Å². The van der Waals surface area contributed by atoms with Crippen molar-refractivity contribution in [1.29, 1.82) is 0 Å². The number of carbonyl (C=O) groups excluding carboxylic acids is 6. The van der Waals surface area contributed by atoms with Gasteiger partial charge in [-0.25, -0.2) is 34.1 Å². The number of imidazole rings is 1. The molecule has 0 saturated heterocycles. The van der Waals surface area contributed by atoms with E-state index in [0.29, 0.717) is 95.7 Å². The number of Topliss-reactive ketones (excluding diaryl/α,β-unsaturated/α-hetero) is 2. The topological polar surface area (TPSA) is 306 Å². The zero-order valence-corrected chi connectivity index (χ0v) is 72.7. The Labute approximate surface area is 699 Å². The summed E-state index contributed by atoms with van der Waals surface area (Å²) in [6, 6.07) is 37.8. The standard InChI is InChI=1S/C40H49N7O4S2.C37H48N6O4S2.CH3I.CH4.HI.H3N.W/c1-29(2)38-43-34(26-52-38)24-46(3)39(49)45-36(16-18-47-19-17-41-27-47)37(48)22-32(20-30-10-6-4-7-11-30)14-15-33(21-31-12-8-5-9-13-31)44-40(50)51-25-35-23-42-28-53-35;1-26(2)35-40-31(24-48-35)22-43(3)36(45)42-33(16-17-38)34(44)20-29(18-27-10-6-4-7-11-27)14-15-30(19-28-12-8-5-9-13-28)41-37(46)47-23-32-21-39-25-49-32;1-2;;;;/h4-13,17,19,23,26-29,32-33,36H,14-16,18,20-22,24-25H2,1-3H3,(H,44,50)(H,45,49);4-13,21,24-26,29-30,33H,14-20,22-23,38H2,1-3H3,(H,41,46)(H,42,45);1H3;1H4;1H;1H3;/t32-,33-,36-;29-,30-,33-;;;;;/m00...../s1. The van der Waals surface area contributed by atoms with Crippen molar-refractivity contribution < 1.29 is 59.3 Å². The summed E-state index contributed by atoms with van der Waals surface area (Å²) in [7, 11) is 3.43. The molecular weight excluding hydrogens is 1840 g/mol. The summed E-state index contributed by atoms with van der Waals surface area (Å²) in [6.07, 6.45) is 14.2. The molecule has 29 heteroatoms. The molecule has 0 unspecified atom stereocenters. The number of carbonyl (C=O) groups is 6. The molecule has 5 aromatic heterocycles. The fourth-order valence-electron chi connectivity index (χ4n) is 11.7. The van der Waals surface area contributed by atoms with Crippen LogP contribution >= 0.6 is 91.9 Å². The largest absolute Gasteiger partial charge is 0.444 e. The first kappa shape index (κ1) is 95.3. The minimum atomic E-state index is -0.708. The average molecular weight is 1950 g/mol. The third-order valence-electron chi connectivity index (χ3n) is 17.2. The summed E-state index contributed by atoms with van der Waals surface area (Å²) in [4.78, 5) is 109. The SMILES string of the molecule is C.CC(C)c1nc(CN(C)C(=O)N[C@@H](CCN)C(=O)C[C@@H](CC[C@@H](Cc2ccccc2)NC(=O)OCc2cncs2)Cc2ccccc2)cs1.CC(C)c1nc(CN(C)C(=O)N[C@@H](CCn2ccnc2)C(=O)C[C@@H](CC[C@@H](Cc2ccccc2)NC(=O)OCc2cncs2)Cc2ccccc2)cs1.CI.I.N.[W]. The number of nitrogens with zero attached hydrogens (tertiary/aromatic N) is 8. The molecule has 0 aliphatic rings. The minimum absolute atomic E-state index is 0. The van der Waals surface area contributed by atoms with Crippen LogP contribution < -0.4 is 33.2 Å². The normalized spacial score (nSPS) is 12.3. The number of alkyl halides is 1. The van der Waals surface area contributed by atoms with Gasteiger partial charge in [0.05, 0.1) is 73.7 Å². The van der Waals surface area contributed by atoms with Gasteiger partial charge in [-0.05, 0) is 110 Å². The van der Waals surface area contributed by atoms with Gasteiger partial charge in [-0.3, -0.25) is 19.6 Å². The Bertz CT molecular complexity index is 3910. The molecule has 9 rings (SSSR count). The van der Waals surface area contributed by atoms with Gasteiger partial charge in [0.15, 0.2) is 11.6 Å². The summed E-state index contributed by atoms with van der Waals surface area (Å²) in [5.74, 6) is 0.492. The Morgan fingerprint density at radius 2 is 0.907 bits per heavy atom. The zero-order valence-electron chi connectivity index (χ0n) is 62.0. The molecule has 0 fully saturated rings. The Kier molecular flexibility index (Phi) is 46.8. The Morgan fingerprint density at radius 3 is 1.24 bits per heavy atom. The van der Waals surface area contributed by atoms with Crippen LogP contribution in [0.3, 0.4) is 0 Å². The molecule has 9 aromatic rings. The first-order valence-corrected chi connectivity index (χ1v) is 40.9. The first-order chi connectivity index (χ1) is 50.4. The van der Waals surface area contributed by atoms with Crippen molar-refractivity contribution in [3.63, 3.8) is 0 Å². The molecule has 4 aromatic carbocycles. The molecule has 0 saturated carbocycles. The number of aromatic nitrogens is 6. The molecule has 0 aliphatic heterocycles. The smallest absolute Gasteiger partial charge is 0.407 e. The molecule has 5 heterocycles. The number of amides is 6. The number of alkyl carbamates (subject to hydrolysis) is 2. The molecule has 22 nitrogen and oxygen atoms in total. The summed E-state index contributed by atoms with van der Waals surface area (Å²) in [6.45, 7) is 10.2. The molecule has 6 atom stereocenters. The third kappa shape index (κ3) is 35.4. The maximum absolute atomic E-state index is 14.2. The van der Waals surface area contributed by atoms with Crippen molar-refractivity contribution in [3.05, 3.63) is 228 Å². The van der Waals surface area contributed by atoms with E-state index in [-0.39, 0.29) is 139 Å².